The quantitative estimate of drug-likeness (QED) is 0.742. The molecule has 136 valence electrons. The van der Waals surface area contributed by atoms with Crippen molar-refractivity contribution in [3.05, 3.63) is 58.6 Å². The third-order valence-electron chi connectivity index (χ3n) is 4.31. The fourth-order valence-electron chi connectivity index (χ4n) is 2.65. The number of primary sulfonamides is 1. The molecule has 1 amide bonds. The molecule has 0 fully saturated rings. The van der Waals surface area contributed by atoms with Gasteiger partial charge in [-0.25, -0.2) is 18.5 Å². The second-order valence-corrected chi connectivity index (χ2v) is 8.73. The van der Waals surface area contributed by atoms with Gasteiger partial charge in [0.25, 0.3) is 5.91 Å². The van der Waals surface area contributed by atoms with Crippen molar-refractivity contribution in [2.75, 3.05) is 7.05 Å². The molecule has 0 radical (unpaired) electrons. The van der Waals surface area contributed by atoms with E-state index in [1.54, 1.807) is 31.0 Å². The minimum atomic E-state index is -3.89. The lowest BCUT2D eigenvalue weighted by atomic mass is 10.1. The van der Waals surface area contributed by atoms with E-state index in [0.717, 1.165) is 15.2 Å². The third kappa shape index (κ3) is 3.48. The maximum Gasteiger partial charge on any atom is 0.254 e. The largest absolute Gasteiger partial charge is 0.333 e. The van der Waals surface area contributed by atoms with Crippen molar-refractivity contribution in [2.45, 2.75) is 24.8 Å². The normalized spacial score (nSPS) is 12.9. The molecule has 3 aromatic rings. The number of hydrogen-bond acceptors (Lipinski definition) is 5. The average Bonchev–Trinajstić information content (AvgIpc) is 3.03. The molecule has 6 nitrogen and oxygen atoms in total. The van der Waals surface area contributed by atoms with Gasteiger partial charge in [-0.2, -0.15) is 0 Å². The maximum absolute atomic E-state index is 12.8. The molecule has 0 aliphatic rings. The Morgan fingerprint density at radius 3 is 2.58 bits per heavy atom. The topological polar surface area (TPSA) is 93.4 Å². The van der Waals surface area contributed by atoms with Crippen molar-refractivity contribution in [2.24, 2.45) is 5.14 Å². The number of aromatic nitrogens is 1. The van der Waals surface area contributed by atoms with Gasteiger partial charge in [0, 0.05) is 12.6 Å². The summed E-state index contributed by atoms with van der Waals surface area (Å²) in [4.78, 5) is 18.9. The van der Waals surface area contributed by atoms with E-state index in [4.69, 9.17) is 5.14 Å². The van der Waals surface area contributed by atoms with Crippen molar-refractivity contribution in [3.63, 3.8) is 0 Å². The number of hydrogen-bond donors (Lipinski definition) is 1. The number of rotatable bonds is 4. The zero-order valence-corrected chi connectivity index (χ0v) is 16.3. The standard InChI is InChI=1S/C18H19N3O3S2/c1-11-8-9-13(10-16(11)26(19,23)24)18(22)21(3)12(2)17-20-14-6-4-5-7-15(14)25-17/h4-10,12H,1-3H3,(H2,19,23,24)/t12-/m1/s1. The Kier molecular flexibility index (Phi) is 4.83. The van der Waals surface area contributed by atoms with Crippen LogP contribution in [0.5, 0.6) is 0 Å². The molecule has 2 aromatic carbocycles. The van der Waals surface area contributed by atoms with Crippen LogP contribution in [0.2, 0.25) is 0 Å². The number of para-hydroxylation sites is 1. The molecule has 1 atom stereocenters. The molecule has 2 N–H and O–H groups in total. The van der Waals surface area contributed by atoms with Gasteiger partial charge in [0.05, 0.1) is 21.2 Å². The van der Waals surface area contributed by atoms with Crippen LogP contribution in [-0.4, -0.2) is 31.3 Å². The Balaban J connectivity index is 1.92. The van der Waals surface area contributed by atoms with Gasteiger partial charge in [-0.15, -0.1) is 11.3 Å². The highest BCUT2D eigenvalue weighted by Gasteiger charge is 2.23. The van der Waals surface area contributed by atoms with Crippen LogP contribution in [0.1, 0.15) is 33.9 Å². The summed E-state index contributed by atoms with van der Waals surface area (Å²) in [6.45, 7) is 3.53. The molecule has 1 heterocycles. The minimum absolute atomic E-state index is 0.0376. The van der Waals surface area contributed by atoms with E-state index < -0.39 is 10.0 Å². The Labute approximate surface area is 156 Å². The Morgan fingerprint density at radius 1 is 1.23 bits per heavy atom. The van der Waals surface area contributed by atoms with Crippen LogP contribution < -0.4 is 5.14 Å². The number of aryl methyl sites for hydroxylation is 1. The van der Waals surface area contributed by atoms with E-state index in [9.17, 15) is 13.2 Å². The number of sulfonamides is 1. The highest BCUT2D eigenvalue weighted by atomic mass is 32.2. The predicted octanol–water partition coefficient (Wildman–Crippen LogP) is 3.09. The van der Waals surface area contributed by atoms with E-state index in [0.29, 0.717) is 5.56 Å². The van der Waals surface area contributed by atoms with Crippen molar-refractivity contribution >= 4 is 37.5 Å². The van der Waals surface area contributed by atoms with Crippen LogP contribution >= 0.6 is 11.3 Å². The number of carbonyl (C=O) groups is 1. The lowest BCUT2D eigenvalue weighted by Gasteiger charge is -2.23. The van der Waals surface area contributed by atoms with E-state index in [2.05, 4.69) is 4.98 Å². The zero-order valence-electron chi connectivity index (χ0n) is 14.6. The number of nitrogens with two attached hydrogens (primary N) is 1. The molecule has 0 spiro atoms. The minimum Gasteiger partial charge on any atom is -0.333 e. The monoisotopic (exact) mass is 389 g/mol. The molecule has 0 unspecified atom stereocenters. The molecule has 0 aliphatic carbocycles. The van der Waals surface area contributed by atoms with Crippen molar-refractivity contribution in [3.8, 4) is 0 Å². The van der Waals surface area contributed by atoms with Gasteiger partial charge in [0.15, 0.2) is 0 Å². The van der Waals surface area contributed by atoms with Gasteiger partial charge in [0.2, 0.25) is 10.0 Å². The van der Waals surface area contributed by atoms with E-state index in [-0.39, 0.29) is 22.4 Å². The van der Waals surface area contributed by atoms with Crippen LogP contribution in [-0.2, 0) is 10.0 Å². The fraction of sp³-hybridized carbons (Fsp3) is 0.222. The summed E-state index contributed by atoms with van der Waals surface area (Å²) >= 11 is 1.54. The second-order valence-electron chi connectivity index (χ2n) is 6.14. The number of fused-ring (bicyclic) bond motifs is 1. The summed E-state index contributed by atoms with van der Waals surface area (Å²) in [5, 5.41) is 6.06. The molecule has 1 aromatic heterocycles. The van der Waals surface area contributed by atoms with Crippen LogP contribution in [0.25, 0.3) is 10.2 Å². The Morgan fingerprint density at radius 2 is 1.92 bits per heavy atom. The SMILES string of the molecule is Cc1ccc(C(=O)N(C)[C@H](C)c2nc3ccccc3s2)cc1S(N)(=O)=O. The first-order valence-corrected chi connectivity index (χ1v) is 10.3. The molecule has 8 heteroatoms. The third-order valence-corrected chi connectivity index (χ3v) is 6.57. The van der Waals surface area contributed by atoms with E-state index >= 15 is 0 Å². The summed E-state index contributed by atoms with van der Waals surface area (Å²) in [5.41, 5.74) is 1.67. The predicted molar refractivity (Wildman–Crippen MR) is 103 cm³/mol. The number of thiazole rings is 1. The highest BCUT2D eigenvalue weighted by molar-refractivity contribution is 7.89. The van der Waals surface area contributed by atoms with Crippen molar-refractivity contribution in [1.82, 2.24) is 9.88 Å². The Bertz CT molecular complexity index is 1060. The van der Waals surface area contributed by atoms with Gasteiger partial charge >= 0.3 is 0 Å². The molecule has 0 saturated heterocycles. The summed E-state index contributed by atoms with van der Waals surface area (Å²) in [6, 6.07) is 12.1. The van der Waals surface area contributed by atoms with Crippen LogP contribution in [0.15, 0.2) is 47.4 Å². The fourth-order valence-corrected chi connectivity index (χ4v) is 4.52. The second kappa shape index (κ2) is 6.79. The van der Waals surface area contributed by atoms with Crippen LogP contribution in [0.4, 0.5) is 0 Å². The first kappa shape index (κ1) is 18.5. The van der Waals surface area contributed by atoms with Gasteiger partial charge < -0.3 is 4.90 Å². The maximum atomic E-state index is 12.8. The smallest absolute Gasteiger partial charge is 0.254 e. The highest BCUT2D eigenvalue weighted by Crippen LogP contribution is 2.29. The molecule has 3 rings (SSSR count). The summed E-state index contributed by atoms with van der Waals surface area (Å²) in [6.07, 6.45) is 0. The van der Waals surface area contributed by atoms with Crippen LogP contribution in [0.3, 0.4) is 0 Å². The summed E-state index contributed by atoms with van der Waals surface area (Å²) in [5.74, 6) is -0.290. The lowest BCUT2D eigenvalue weighted by molar-refractivity contribution is 0.0742. The number of amides is 1. The van der Waals surface area contributed by atoms with E-state index in [1.807, 2.05) is 31.2 Å². The van der Waals surface area contributed by atoms with Gasteiger partial charge in [-0.05, 0) is 43.7 Å². The van der Waals surface area contributed by atoms with Crippen molar-refractivity contribution < 1.29 is 13.2 Å². The molecule has 0 saturated carbocycles. The zero-order chi connectivity index (χ0) is 19.1. The molecule has 0 bridgehead atoms. The Hall–Kier alpha value is -2.29. The van der Waals surface area contributed by atoms with Crippen molar-refractivity contribution in [1.29, 1.82) is 0 Å². The molecule has 26 heavy (non-hydrogen) atoms. The number of nitrogens with zero attached hydrogens (tertiary/aromatic N) is 2. The molecular formula is C18H19N3O3S2. The summed E-state index contributed by atoms with van der Waals surface area (Å²) < 4.78 is 24.5. The van der Waals surface area contributed by atoms with Gasteiger partial charge in [-0.3, -0.25) is 4.79 Å². The first-order valence-electron chi connectivity index (χ1n) is 7.94. The van der Waals surface area contributed by atoms with Gasteiger partial charge in [0.1, 0.15) is 5.01 Å². The van der Waals surface area contributed by atoms with Crippen LogP contribution in [0, 0.1) is 6.92 Å². The molecular weight excluding hydrogens is 370 g/mol. The molecule has 0 aliphatic heterocycles. The summed E-state index contributed by atoms with van der Waals surface area (Å²) in [7, 11) is -2.21. The average molecular weight is 390 g/mol. The number of carbonyl (C=O) groups excluding carboxylic acids is 1. The van der Waals surface area contributed by atoms with E-state index in [1.165, 1.54) is 17.4 Å². The first-order chi connectivity index (χ1) is 12.2. The number of benzene rings is 2. The van der Waals surface area contributed by atoms with Gasteiger partial charge in [-0.1, -0.05) is 18.2 Å². The lowest BCUT2D eigenvalue weighted by Crippen LogP contribution is -2.30.